The highest BCUT2D eigenvalue weighted by molar-refractivity contribution is 9.10. The van der Waals surface area contributed by atoms with E-state index in [0.29, 0.717) is 5.56 Å². The quantitative estimate of drug-likeness (QED) is 0.582. The summed E-state index contributed by atoms with van der Waals surface area (Å²) in [5.74, 6) is -0.602. The number of hydrogen-bond acceptors (Lipinski definition) is 1. The third-order valence-electron chi connectivity index (χ3n) is 1.64. The van der Waals surface area contributed by atoms with Gasteiger partial charge in [0.15, 0.2) is 5.78 Å². The molecule has 3 heteroatoms. The number of rotatable bonds is 2. The van der Waals surface area contributed by atoms with Gasteiger partial charge in [0.25, 0.3) is 0 Å². The van der Waals surface area contributed by atoms with Gasteiger partial charge in [-0.3, -0.25) is 4.79 Å². The fourth-order valence-electron chi connectivity index (χ4n) is 1.03. The van der Waals surface area contributed by atoms with Gasteiger partial charge in [0.1, 0.15) is 5.82 Å². The summed E-state index contributed by atoms with van der Waals surface area (Å²) in [5.41, 5.74) is 1.25. The molecule has 0 fully saturated rings. The van der Waals surface area contributed by atoms with Gasteiger partial charge in [0.2, 0.25) is 0 Å². The third kappa shape index (κ3) is 2.51. The normalized spacial score (nSPS) is 9.71. The fourth-order valence-corrected chi connectivity index (χ4v) is 1.49. The number of benzene rings is 1. The maximum absolute atomic E-state index is 13.1. The van der Waals surface area contributed by atoms with Crippen LogP contribution >= 0.6 is 15.9 Å². The van der Waals surface area contributed by atoms with Gasteiger partial charge in [-0.25, -0.2) is 4.39 Å². The van der Waals surface area contributed by atoms with E-state index in [0.717, 1.165) is 5.57 Å². The summed E-state index contributed by atoms with van der Waals surface area (Å²) >= 11 is 3.05. The van der Waals surface area contributed by atoms with Crippen LogP contribution in [0.1, 0.15) is 24.2 Å². The lowest BCUT2D eigenvalue weighted by Gasteiger charge is -2.01. The predicted molar refractivity (Wildman–Crippen MR) is 57.9 cm³/mol. The van der Waals surface area contributed by atoms with Crippen LogP contribution in [-0.4, -0.2) is 5.78 Å². The van der Waals surface area contributed by atoms with Crippen LogP contribution in [0.5, 0.6) is 0 Å². The Bertz CT molecular complexity index is 392. The molecular formula is C11H10BrFO. The van der Waals surface area contributed by atoms with Crippen molar-refractivity contribution in [3.63, 3.8) is 0 Å². The van der Waals surface area contributed by atoms with E-state index >= 15 is 0 Å². The van der Waals surface area contributed by atoms with Crippen LogP contribution in [0.3, 0.4) is 0 Å². The lowest BCUT2D eigenvalue weighted by molar-refractivity contribution is 0.104. The van der Waals surface area contributed by atoms with Crippen molar-refractivity contribution >= 4 is 21.7 Å². The molecule has 1 aromatic rings. The average molecular weight is 257 g/mol. The van der Waals surface area contributed by atoms with Crippen molar-refractivity contribution in [2.24, 2.45) is 0 Å². The molecule has 0 spiro atoms. The van der Waals surface area contributed by atoms with E-state index in [-0.39, 0.29) is 10.3 Å². The molecule has 1 rings (SSSR count). The standard InChI is InChI=1S/C11H10BrFO/c1-7(2)6-10(14)8-4-3-5-9(13)11(8)12/h3-6H,1-2H3. The molecule has 0 N–H and O–H groups in total. The van der Waals surface area contributed by atoms with Crippen molar-refractivity contribution in [3.05, 3.63) is 45.7 Å². The van der Waals surface area contributed by atoms with E-state index in [1.165, 1.54) is 18.2 Å². The number of ketones is 1. The minimum atomic E-state index is -0.419. The van der Waals surface area contributed by atoms with Gasteiger partial charge in [-0.2, -0.15) is 0 Å². The summed E-state index contributed by atoms with van der Waals surface area (Å²) < 4.78 is 13.3. The molecule has 14 heavy (non-hydrogen) atoms. The Labute approximate surface area is 90.8 Å². The van der Waals surface area contributed by atoms with E-state index in [9.17, 15) is 9.18 Å². The molecule has 0 bridgehead atoms. The fraction of sp³-hybridized carbons (Fsp3) is 0.182. The van der Waals surface area contributed by atoms with Gasteiger partial charge < -0.3 is 0 Å². The Kier molecular flexibility index (Phi) is 3.58. The summed E-state index contributed by atoms with van der Waals surface area (Å²) in [4.78, 5) is 11.6. The first kappa shape index (κ1) is 11.1. The van der Waals surface area contributed by atoms with Crippen LogP contribution in [0, 0.1) is 5.82 Å². The van der Waals surface area contributed by atoms with Crippen molar-refractivity contribution in [1.29, 1.82) is 0 Å². The van der Waals surface area contributed by atoms with Crippen LogP contribution < -0.4 is 0 Å². The second-order valence-electron chi connectivity index (χ2n) is 3.19. The first-order valence-electron chi connectivity index (χ1n) is 4.15. The Hall–Kier alpha value is -0.960. The van der Waals surface area contributed by atoms with Crippen LogP contribution in [0.25, 0.3) is 0 Å². The summed E-state index contributed by atoms with van der Waals surface area (Å²) in [7, 11) is 0. The molecule has 0 atom stereocenters. The molecule has 0 aromatic heterocycles. The number of carbonyl (C=O) groups excluding carboxylic acids is 1. The highest BCUT2D eigenvalue weighted by Gasteiger charge is 2.10. The number of allylic oxidation sites excluding steroid dienone is 2. The second-order valence-corrected chi connectivity index (χ2v) is 3.98. The van der Waals surface area contributed by atoms with Crippen LogP contribution in [-0.2, 0) is 0 Å². The van der Waals surface area contributed by atoms with Crippen LogP contribution in [0.15, 0.2) is 34.3 Å². The summed E-state index contributed by atoms with van der Waals surface area (Å²) in [5, 5.41) is 0. The van der Waals surface area contributed by atoms with Crippen LogP contribution in [0.4, 0.5) is 4.39 Å². The summed E-state index contributed by atoms with van der Waals surface area (Å²) in [6.07, 6.45) is 1.49. The Morgan fingerprint density at radius 2 is 2.07 bits per heavy atom. The maximum atomic E-state index is 13.1. The third-order valence-corrected chi connectivity index (χ3v) is 2.44. The van der Waals surface area contributed by atoms with Crippen LogP contribution in [0.2, 0.25) is 0 Å². The van der Waals surface area contributed by atoms with Crippen molar-refractivity contribution in [2.75, 3.05) is 0 Å². The average Bonchev–Trinajstić information content (AvgIpc) is 2.08. The molecule has 1 nitrogen and oxygen atoms in total. The molecule has 0 saturated heterocycles. The first-order valence-corrected chi connectivity index (χ1v) is 4.95. The van der Waals surface area contributed by atoms with E-state index in [1.807, 2.05) is 13.8 Å². The van der Waals surface area contributed by atoms with Gasteiger partial charge in [0, 0.05) is 5.56 Å². The second kappa shape index (κ2) is 4.51. The number of hydrogen-bond donors (Lipinski definition) is 0. The molecule has 0 amide bonds. The molecule has 0 aliphatic rings. The number of halogens is 2. The Morgan fingerprint density at radius 3 is 2.64 bits per heavy atom. The van der Waals surface area contributed by atoms with Crippen molar-refractivity contribution in [1.82, 2.24) is 0 Å². The largest absolute Gasteiger partial charge is 0.289 e. The molecule has 0 radical (unpaired) electrons. The monoisotopic (exact) mass is 256 g/mol. The highest BCUT2D eigenvalue weighted by atomic mass is 79.9. The first-order chi connectivity index (χ1) is 6.52. The van der Waals surface area contributed by atoms with Crippen molar-refractivity contribution in [3.8, 4) is 0 Å². The molecule has 0 heterocycles. The van der Waals surface area contributed by atoms with E-state index in [1.54, 1.807) is 6.07 Å². The summed E-state index contributed by atoms with van der Waals surface area (Å²) in [6.45, 7) is 3.65. The minimum absolute atomic E-state index is 0.184. The Morgan fingerprint density at radius 1 is 1.43 bits per heavy atom. The van der Waals surface area contributed by atoms with E-state index in [2.05, 4.69) is 15.9 Å². The highest BCUT2D eigenvalue weighted by Crippen LogP contribution is 2.21. The minimum Gasteiger partial charge on any atom is -0.289 e. The van der Waals surface area contributed by atoms with Gasteiger partial charge in [-0.05, 0) is 48.0 Å². The van der Waals surface area contributed by atoms with Gasteiger partial charge in [-0.1, -0.05) is 11.6 Å². The van der Waals surface area contributed by atoms with Crippen molar-refractivity contribution < 1.29 is 9.18 Å². The zero-order valence-corrected chi connectivity index (χ0v) is 9.56. The van der Waals surface area contributed by atoms with E-state index < -0.39 is 5.82 Å². The topological polar surface area (TPSA) is 17.1 Å². The predicted octanol–water partition coefficient (Wildman–Crippen LogP) is 3.74. The van der Waals surface area contributed by atoms with Gasteiger partial charge >= 0.3 is 0 Å². The molecule has 0 aliphatic heterocycles. The molecule has 74 valence electrons. The van der Waals surface area contributed by atoms with Crippen molar-refractivity contribution in [2.45, 2.75) is 13.8 Å². The molecule has 0 unspecified atom stereocenters. The lowest BCUT2D eigenvalue weighted by atomic mass is 10.1. The Balaban J connectivity index is 3.14. The smallest absolute Gasteiger partial charge is 0.187 e. The van der Waals surface area contributed by atoms with E-state index in [4.69, 9.17) is 0 Å². The zero-order valence-electron chi connectivity index (χ0n) is 7.97. The molecule has 1 aromatic carbocycles. The van der Waals surface area contributed by atoms with Gasteiger partial charge in [0.05, 0.1) is 4.47 Å². The SMILES string of the molecule is CC(C)=CC(=O)c1cccc(F)c1Br. The molecular weight excluding hydrogens is 247 g/mol. The maximum Gasteiger partial charge on any atom is 0.187 e. The lowest BCUT2D eigenvalue weighted by Crippen LogP contribution is -1.98. The number of carbonyl (C=O) groups is 1. The zero-order chi connectivity index (χ0) is 10.7. The molecule has 0 aliphatic carbocycles. The molecule has 0 saturated carbocycles. The van der Waals surface area contributed by atoms with Gasteiger partial charge in [-0.15, -0.1) is 0 Å². The summed E-state index contributed by atoms with van der Waals surface area (Å²) in [6, 6.07) is 4.42.